The number of aromatic nitrogens is 1. The minimum atomic E-state index is 0.402. The van der Waals surface area contributed by atoms with Crippen LogP contribution in [0.15, 0.2) is 66.7 Å². The maximum Gasteiger partial charge on any atom is 0.0705 e. The van der Waals surface area contributed by atoms with E-state index in [9.17, 15) is 0 Å². The first kappa shape index (κ1) is 13.8. The molecule has 0 fully saturated rings. The third kappa shape index (κ3) is 3.29. The molecule has 21 heavy (non-hydrogen) atoms. The summed E-state index contributed by atoms with van der Waals surface area (Å²) in [5.74, 6) is 0.402. The first-order chi connectivity index (χ1) is 10.4. The highest BCUT2D eigenvalue weighted by molar-refractivity contribution is 5.78. The monoisotopic (exact) mass is 276 g/mol. The molecule has 0 spiro atoms. The molecular formula is C19H20N2. The van der Waals surface area contributed by atoms with E-state index in [4.69, 9.17) is 10.7 Å². The normalized spacial score (nSPS) is 12.4. The van der Waals surface area contributed by atoms with Crippen molar-refractivity contribution in [2.24, 2.45) is 5.73 Å². The van der Waals surface area contributed by atoms with Gasteiger partial charge in [0.15, 0.2) is 0 Å². The van der Waals surface area contributed by atoms with Gasteiger partial charge in [-0.15, -0.1) is 0 Å². The Kier molecular flexibility index (Phi) is 4.27. The predicted octanol–water partition coefficient (Wildman–Crippen LogP) is 3.91. The molecule has 0 radical (unpaired) electrons. The van der Waals surface area contributed by atoms with Crippen LogP contribution in [-0.4, -0.2) is 11.5 Å². The van der Waals surface area contributed by atoms with Gasteiger partial charge in [-0.1, -0.05) is 54.6 Å². The van der Waals surface area contributed by atoms with Crippen molar-refractivity contribution in [3.63, 3.8) is 0 Å². The lowest BCUT2D eigenvalue weighted by Gasteiger charge is -2.15. The summed E-state index contributed by atoms with van der Waals surface area (Å²) < 4.78 is 0. The molecule has 2 N–H and O–H groups in total. The van der Waals surface area contributed by atoms with Crippen LogP contribution >= 0.6 is 0 Å². The average molecular weight is 276 g/mol. The van der Waals surface area contributed by atoms with Crippen molar-refractivity contribution in [3.05, 3.63) is 78.0 Å². The molecule has 0 aliphatic carbocycles. The van der Waals surface area contributed by atoms with E-state index in [1.165, 1.54) is 10.9 Å². The molecule has 1 unspecified atom stereocenters. The largest absolute Gasteiger partial charge is 0.330 e. The molecule has 1 aromatic heterocycles. The van der Waals surface area contributed by atoms with Crippen LogP contribution in [0.2, 0.25) is 0 Å². The average Bonchev–Trinajstić information content (AvgIpc) is 2.56. The summed E-state index contributed by atoms with van der Waals surface area (Å²) in [5.41, 5.74) is 9.47. The first-order valence-corrected chi connectivity index (χ1v) is 7.46. The Hall–Kier alpha value is -2.19. The minimum absolute atomic E-state index is 0.402. The van der Waals surface area contributed by atoms with E-state index in [0.717, 1.165) is 24.1 Å². The molecule has 0 saturated carbocycles. The van der Waals surface area contributed by atoms with Crippen LogP contribution in [0.1, 0.15) is 23.6 Å². The lowest BCUT2D eigenvalue weighted by Crippen LogP contribution is -2.13. The molecule has 0 saturated heterocycles. The number of benzene rings is 2. The van der Waals surface area contributed by atoms with Gasteiger partial charge in [0.2, 0.25) is 0 Å². The van der Waals surface area contributed by atoms with Crippen molar-refractivity contribution in [2.45, 2.75) is 18.8 Å². The molecule has 2 heteroatoms. The molecular weight excluding hydrogens is 256 g/mol. The molecule has 0 bridgehead atoms. The maximum absolute atomic E-state index is 5.94. The van der Waals surface area contributed by atoms with Gasteiger partial charge in [-0.25, -0.2) is 0 Å². The second-order valence-corrected chi connectivity index (χ2v) is 5.38. The van der Waals surface area contributed by atoms with Gasteiger partial charge < -0.3 is 5.73 Å². The van der Waals surface area contributed by atoms with E-state index in [1.807, 2.05) is 18.2 Å². The molecule has 2 nitrogen and oxygen atoms in total. The minimum Gasteiger partial charge on any atom is -0.330 e. The summed E-state index contributed by atoms with van der Waals surface area (Å²) in [6, 6.07) is 23.0. The Morgan fingerprint density at radius 3 is 2.43 bits per heavy atom. The Morgan fingerprint density at radius 2 is 1.62 bits per heavy atom. The predicted molar refractivity (Wildman–Crippen MR) is 88.3 cm³/mol. The number of rotatable bonds is 5. The van der Waals surface area contributed by atoms with Crippen LogP contribution in [0.3, 0.4) is 0 Å². The SMILES string of the molecule is NCC(CCc1ccc2ccccc2n1)c1ccccc1. The first-order valence-electron chi connectivity index (χ1n) is 7.46. The van der Waals surface area contributed by atoms with Crippen molar-refractivity contribution in [3.8, 4) is 0 Å². The smallest absolute Gasteiger partial charge is 0.0705 e. The highest BCUT2D eigenvalue weighted by atomic mass is 14.7. The van der Waals surface area contributed by atoms with Gasteiger partial charge in [0, 0.05) is 11.1 Å². The zero-order valence-electron chi connectivity index (χ0n) is 12.1. The van der Waals surface area contributed by atoms with Crippen molar-refractivity contribution in [1.29, 1.82) is 0 Å². The molecule has 3 rings (SSSR count). The Balaban J connectivity index is 1.73. The molecule has 0 aliphatic heterocycles. The fraction of sp³-hybridized carbons (Fsp3) is 0.211. The van der Waals surface area contributed by atoms with Gasteiger partial charge in [-0.05, 0) is 43.0 Å². The van der Waals surface area contributed by atoms with E-state index in [1.54, 1.807) is 0 Å². The number of nitrogens with two attached hydrogens (primary N) is 1. The Bertz CT molecular complexity index is 707. The van der Waals surface area contributed by atoms with E-state index in [0.29, 0.717) is 12.5 Å². The lowest BCUT2D eigenvalue weighted by atomic mass is 9.93. The number of fused-ring (bicyclic) bond motifs is 1. The van der Waals surface area contributed by atoms with Gasteiger partial charge in [0.1, 0.15) is 0 Å². The van der Waals surface area contributed by atoms with E-state index in [-0.39, 0.29) is 0 Å². The second-order valence-electron chi connectivity index (χ2n) is 5.38. The zero-order valence-corrected chi connectivity index (χ0v) is 12.1. The number of pyridine rings is 1. The fourth-order valence-electron chi connectivity index (χ4n) is 2.72. The van der Waals surface area contributed by atoms with Crippen LogP contribution < -0.4 is 5.73 Å². The number of hydrogen-bond acceptors (Lipinski definition) is 2. The standard InChI is InChI=1S/C19H20N2/c20-14-17(15-6-2-1-3-7-15)11-13-18-12-10-16-8-4-5-9-19(16)21-18/h1-10,12,17H,11,13-14,20H2. The number of para-hydroxylation sites is 1. The lowest BCUT2D eigenvalue weighted by molar-refractivity contribution is 0.628. The summed E-state index contributed by atoms with van der Waals surface area (Å²) in [7, 11) is 0. The van der Waals surface area contributed by atoms with Gasteiger partial charge in [-0.3, -0.25) is 4.98 Å². The van der Waals surface area contributed by atoms with E-state index in [2.05, 4.69) is 48.5 Å². The van der Waals surface area contributed by atoms with Gasteiger partial charge in [0.25, 0.3) is 0 Å². The van der Waals surface area contributed by atoms with Crippen LogP contribution in [0.25, 0.3) is 10.9 Å². The molecule has 106 valence electrons. The van der Waals surface area contributed by atoms with Crippen LogP contribution in [0.4, 0.5) is 0 Å². The topological polar surface area (TPSA) is 38.9 Å². The summed E-state index contributed by atoms with van der Waals surface area (Å²) in [6.45, 7) is 0.678. The summed E-state index contributed by atoms with van der Waals surface area (Å²) in [5, 5.41) is 1.19. The van der Waals surface area contributed by atoms with Crippen LogP contribution in [0, 0.1) is 0 Å². The van der Waals surface area contributed by atoms with Gasteiger partial charge in [-0.2, -0.15) is 0 Å². The van der Waals surface area contributed by atoms with E-state index < -0.39 is 0 Å². The third-order valence-corrected chi connectivity index (χ3v) is 3.96. The molecule has 1 atom stereocenters. The quantitative estimate of drug-likeness (QED) is 0.767. The molecule has 3 aromatic rings. The summed E-state index contributed by atoms with van der Waals surface area (Å²) >= 11 is 0. The summed E-state index contributed by atoms with van der Waals surface area (Å²) in [4.78, 5) is 4.73. The second kappa shape index (κ2) is 6.51. The van der Waals surface area contributed by atoms with E-state index >= 15 is 0 Å². The number of nitrogens with zero attached hydrogens (tertiary/aromatic N) is 1. The summed E-state index contributed by atoms with van der Waals surface area (Å²) in [6.07, 6.45) is 1.99. The zero-order chi connectivity index (χ0) is 14.5. The van der Waals surface area contributed by atoms with Gasteiger partial charge >= 0.3 is 0 Å². The molecule has 0 aliphatic rings. The van der Waals surface area contributed by atoms with Crippen molar-refractivity contribution in [1.82, 2.24) is 4.98 Å². The highest BCUT2D eigenvalue weighted by Gasteiger charge is 2.10. The van der Waals surface area contributed by atoms with Crippen molar-refractivity contribution < 1.29 is 0 Å². The van der Waals surface area contributed by atoms with Gasteiger partial charge in [0.05, 0.1) is 5.52 Å². The highest BCUT2D eigenvalue weighted by Crippen LogP contribution is 2.21. The van der Waals surface area contributed by atoms with Crippen LogP contribution in [-0.2, 0) is 6.42 Å². The molecule has 2 aromatic carbocycles. The molecule has 0 amide bonds. The Labute approximate surface area is 125 Å². The number of aryl methyl sites for hydroxylation is 1. The van der Waals surface area contributed by atoms with Crippen molar-refractivity contribution in [2.75, 3.05) is 6.54 Å². The third-order valence-electron chi connectivity index (χ3n) is 3.96. The van der Waals surface area contributed by atoms with Crippen molar-refractivity contribution >= 4 is 10.9 Å². The Morgan fingerprint density at radius 1 is 0.857 bits per heavy atom. The molecule has 1 heterocycles. The number of hydrogen-bond donors (Lipinski definition) is 1. The maximum atomic E-state index is 5.94. The van der Waals surface area contributed by atoms with Crippen LogP contribution in [0.5, 0.6) is 0 Å². The fourth-order valence-corrected chi connectivity index (χ4v) is 2.72.